The number of piperidine rings is 1. The standard InChI is InChI=1S/C13H20N2O3S/c1-9-14-11(8-19-9)6-13(18)15-4-2-10(3-5-15)12(17)7-16/h8,10,12,16-17H,2-7H2,1H3. The van der Waals surface area contributed by atoms with Crippen LogP contribution in [0.3, 0.4) is 0 Å². The van der Waals surface area contributed by atoms with Crippen LogP contribution in [0.2, 0.25) is 0 Å². The van der Waals surface area contributed by atoms with Crippen LogP contribution in [-0.2, 0) is 11.2 Å². The molecular weight excluding hydrogens is 264 g/mol. The first-order valence-corrected chi connectivity index (χ1v) is 7.46. The summed E-state index contributed by atoms with van der Waals surface area (Å²) in [5.74, 6) is 0.206. The van der Waals surface area contributed by atoms with Crippen LogP contribution >= 0.6 is 11.3 Å². The third-order valence-electron chi connectivity index (χ3n) is 3.62. The van der Waals surface area contributed by atoms with Crippen molar-refractivity contribution in [3.63, 3.8) is 0 Å². The minimum absolute atomic E-state index is 0.0993. The van der Waals surface area contributed by atoms with Gasteiger partial charge in [0.05, 0.1) is 29.8 Å². The Hall–Kier alpha value is -0.980. The van der Waals surface area contributed by atoms with Crippen LogP contribution in [0.1, 0.15) is 23.5 Å². The summed E-state index contributed by atoms with van der Waals surface area (Å²) < 4.78 is 0. The molecular formula is C13H20N2O3S. The minimum atomic E-state index is -0.654. The SMILES string of the molecule is Cc1nc(CC(=O)N2CCC(C(O)CO)CC2)cs1. The fourth-order valence-corrected chi connectivity index (χ4v) is 3.05. The van der Waals surface area contributed by atoms with Gasteiger partial charge in [0.25, 0.3) is 0 Å². The van der Waals surface area contributed by atoms with Crippen LogP contribution in [0.4, 0.5) is 0 Å². The quantitative estimate of drug-likeness (QED) is 0.848. The van der Waals surface area contributed by atoms with Crippen LogP contribution < -0.4 is 0 Å². The molecule has 1 saturated heterocycles. The van der Waals surface area contributed by atoms with E-state index in [1.807, 2.05) is 17.2 Å². The van der Waals surface area contributed by atoms with Crippen molar-refractivity contribution in [2.24, 2.45) is 5.92 Å². The number of aliphatic hydroxyl groups is 2. The summed E-state index contributed by atoms with van der Waals surface area (Å²) in [7, 11) is 0. The largest absolute Gasteiger partial charge is 0.394 e. The van der Waals surface area contributed by atoms with Gasteiger partial charge in [0.15, 0.2) is 0 Å². The van der Waals surface area contributed by atoms with Crippen LogP contribution in [0, 0.1) is 12.8 Å². The van der Waals surface area contributed by atoms with Crippen LogP contribution in [0.15, 0.2) is 5.38 Å². The third kappa shape index (κ3) is 3.75. The van der Waals surface area contributed by atoms with Gasteiger partial charge in [-0.3, -0.25) is 4.79 Å². The zero-order valence-corrected chi connectivity index (χ0v) is 11.9. The fourth-order valence-electron chi connectivity index (χ4n) is 2.44. The highest BCUT2D eigenvalue weighted by Crippen LogP contribution is 2.21. The lowest BCUT2D eigenvalue weighted by molar-refractivity contribution is -0.132. The van der Waals surface area contributed by atoms with E-state index in [1.54, 1.807) is 11.3 Å². The number of nitrogens with zero attached hydrogens (tertiary/aromatic N) is 2. The summed E-state index contributed by atoms with van der Waals surface area (Å²) >= 11 is 1.56. The average Bonchev–Trinajstić information content (AvgIpc) is 2.83. The van der Waals surface area contributed by atoms with E-state index in [-0.39, 0.29) is 18.4 Å². The number of aryl methyl sites for hydroxylation is 1. The van der Waals surface area contributed by atoms with Crippen molar-refractivity contribution in [3.05, 3.63) is 16.1 Å². The second-order valence-electron chi connectivity index (χ2n) is 5.00. The van der Waals surface area contributed by atoms with Crippen molar-refractivity contribution in [1.82, 2.24) is 9.88 Å². The van der Waals surface area contributed by atoms with E-state index in [0.29, 0.717) is 19.5 Å². The predicted molar refractivity (Wildman–Crippen MR) is 73.0 cm³/mol. The molecule has 106 valence electrons. The van der Waals surface area contributed by atoms with Gasteiger partial charge in [0.2, 0.25) is 5.91 Å². The molecule has 0 aromatic carbocycles. The molecule has 0 radical (unpaired) electrons. The first-order valence-electron chi connectivity index (χ1n) is 6.58. The maximum atomic E-state index is 12.1. The van der Waals surface area contributed by atoms with Gasteiger partial charge in [-0.1, -0.05) is 0 Å². The molecule has 2 N–H and O–H groups in total. The van der Waals surface area contributed by atoms with Gasteiger partial charge < -0.3 is 15.1 Å². The Kier molecular flexibility index (Phi) is 4.90. The van der Waals surface area contributed by atoms with Crippen molar-refractivity contribution in [2.45, 2.75) is 32.3 Å². The Balaban J connectivity index is 1.82. The van der Waals surface area contributed by atoms with Crippen molar-refractivity contribution in [3.8, 4) is 0 Å². The number of hydrogen-bond acceptors (Lipinski definition) is 5. The maximum absolute atomic E-state index is 12.1. The topological polar surface area (TPSA) is 73.7 Å². The van der Waals surface area contributed by atoms with Crippen LogP contribution in [0.5, 0.6) is 0 Å². The lowest BCUT2D eigenvalue weighted by atomic mass is 9.91. The lowest BCUT2D eigenvalue weighted by Crippen LogP contribution is -2.42. The second kappa shape index (κ2) is 6.45. The molecule has 0 bridgehead atoms. The number of carbonyl (C=O) groups excluding carboxylic acids is 1. The molecule has 5 nitrogen and oxygen atoms in total. The van der Waals surface area contributed by atoms with E-state index in [2.05, 4.69) is 4.98 Å². The van der Waals surface area contributed by atoms with Crippen molar-refractivity contribution in [2.75, 3.05) is 19.7 Å². The highest BCUT2D eigenvalue weighted by atomic mass is 32.1. The van der Waals surface area contributed by atoms with E-state index < -0.39 is 6.10 Å². The Labute approximate surface area is 116 Å². The summed E-state index contributed by atoms with van der Waals surface area (Å²) in [5.41, 5.74) is 0.838. The number of aromatic nitrogens is 1. The highest BCUT2D eigenvalue weighted by Gasteiger charge is 2.27. The van der Waals surface area contributed by atoms with Crippen molar-refractivity contribution >= 4 is 17.2 Å². The second-order valence-corrected chi connectivity index (χ2v) is 6.07. The number of carbonyl (C=O) groups is 1. The molecule has 1 amide bonds. The molecule has 0 saturated carbocycles. The van der Waals surface area contributed by atoms with Crippen LogP contribution in [0.25, 0.3) is 0 Å². The molecule has 1 aromatic heterocycles. The summed E-state index contributed by atoms with van der Waals surface area (Å²) in [6.45, 7) is 3.05. The van der Waals surface area contributed by atoms with Gasteiger partial charge in [0.1, 0.15) is 0 Å². The van der Waals surface area contributed by atoms with Crippen molar-refractivity contribution < 1.29 is 15.0 Å². The van der Waals surface area contributed by atoms with E-state index in [0.717, 1.165) is 23.5 Å². The number of rotatable bonds is 4. The molecule has 1 unspecified atom stereocenters. The van der Waals surface area contributed by atoms with Gasteiger partial charge >= 0.3 is 0 Å². The molecule has 1 aliphatic heterocycles. The van der Waals surface area contributed by atoms with Crippen molar-refractivity contribution in [1.29, 1.82) is 0 Å². The van der Waals surface area contributed by atoms with E-state index in [4.69, 9.17) is 5.11 Å². The monoisotopic (exact) mass is 284 g/mol. The number of thiazole rings is 1. The van der Waals surface area contributed by atoms with Gasteiger partial charge in [-0.15, -0.1) is 11.3 Å². The molecule has 2 heterocycles. The Bertz CT molecular complexity index is 427. The summed E-state index contributed by atoms with van der Waals surface area (Å²) in [5, 5.41) is 21.4. The molecule has 0 aliphatic carbocycles. The molecule has 19 heavy (non-hydrogen) atoms. The molecule has 1 aromatic rings. The zero-order valence-electron chi connectivity index (χ0n) is 11.1. The Morgan fingerprint density at radius 3 is 2.79 bits per heavy atom. The summed E-state index contributed by atoms with van der Waals surface area (Å²) in [6, 6.07) is 0. The maximum Gasteiger partial charge on any atom is 0.228 e. The van der Waals surface area contributed by atoms with Gasteiger partial charge in [-0.25, -0.2) is 4.98 Å². The normalized spacial score (nSPS) is 18.6. The van der Waals surface area contributed by atoms with Gasteiger partial charge in [-0.2, -0.15) is 0 Å². The molecule has 6 heteroatoms. The van der Waals surface area contributed by atoms with E-state index in [1.165, 1.54) is 0 Å². The first-order chi connectivity index (χ1) is 9.10. The lowest BCUT2D eigenvalue weighted by Gasteiger charge is -2.33. The Morgan fingerprint density at radius 1 is 1.58 bits per heavy atom. The molecule has 1 atom stereocenters. The number of hydrogen-bond donors (Lipinski definition) is 2. The third-order valence-corrected chi connectivity index (χ3v) is 4.44. The average molecular weight is 284 g/mol. The van der Waals surface area contributed by atoms with Crippen LogP contribution in [-0.4, -0.2) is 51.8 Å². The summed E-state index contributed by atoms with van der Waals surface area (Å²) in [4.78, 5) is 18.2. The van der Waals surface area contributed by atoms with Gasteiger partial charge in [0, 0.05) is 18.5 Å². The smallest absolute Gasteiger partial charge is 0.228 e. The number of likely N-dealkylation sites (tertiary alicyclic amines) is 1. The predicted octanol–water partition coefficient (Wildman–Crippen LogP) is 0.586. The highest BCUT2D eigenvalue weighted by molar-refractivity contribution is 7.09. The number of amides is 1. The van der Waals surface area contributed by atoms with E-state index >= 15 is 0 Å². The zero-order chi connectivity index (χ0) is 13.8. The minimum Gasteiger partial charge on any atom is -0.394 e. The molecule has 1 fully saturated rings. The fraction of sp³-hybridized carbons (Fsp3) is 0.692. The van der Waals surface area contributed by atoms with E-state index in [9.17, 15) is 9.90 Å². The van der Waals surface area contributed by atoms with Gasteiger partial charge in [-0.05, 0) is 25.7 Å². The number of aliphatic hydroxyl groups excluding tert-OH is 2. The first kappa shape index (κ1) is 14.4. The molecule has 0 spiro atoms. The molecule has 2 rings (SSSR count). The molecule has 1 aliphatic rings. The summed E-state index contributed by atoms with van der Waals surface area (Å²) in [6.07, 6.45) is 1.21. The Morgan fingerprint density at radius 2 is 2.26 bits per heavy atom.